The summed E-state index contributed by atoms with van der Waals surface area (Å²) in [4.78, 5) is 2.71. The van der Waals surface area contributed by atoms with Gasteiger partial charge in [-0.1, -0.05) is 83.9 Å². The SMILES string of the molecule is Clc1cccc([C@H]2[C@H]3CC=C[C@@H]3c3c4c(cc5ccccc35)[C@H]3C=CC[C@@H]3CN42)c1Cl. The van der Waals surface area contributed by atoms with E-state index in [0.29, 0.717) is 28.7 Å². The van der Waals surface area contributed by atoms with Crippen LogP contribution in [-0.4, -0.2) is 6.54 Å². The third kappa shape index (κ3) is 2.45. The van der Waals surface area contributed by atoms with E-state index in [4.69, 9.17) is 23.2 Å². The van der Waals surface area contributed by atoms with Crippen molar-refractivity contribution in [3.8, 4) is 0 Å². The number of nitrogens with zero attached hydrogens (tertiary/aromatic N) is 1. The van der Waals surface area contributed by atoms with Crippen LogP contribution in [0.5, 0.6) is 0 Å². The van der Waals surface area contributed by atoms with Crippen LogP contribution in [0.3, 0.4) is 0 Å². The first kappa shape index (κ1) is 18.4. The van der Waals surface area contributed by atoms with Crippen molar-refractivity contribution >= 4 is 39.7 Å². The van der Waals surface area contributed by atoms with Crippen LogP contribution in [0, 0.1) is 11.8 Å². The Balaban J connectivity index is 1.56. The molecule has 0 radical (unpaired) electrons. The van der Waals surface area contributed by atoms with Crippen LogP contribution in [-0.2, 0) is 0 Å². The lowest BCUT2D eigenvalue weighted by atomic mass is 9.69. The number of hydrogen-bond acceptors (Lipinski definition) is 1. The lowest BCUT2D eigenvalue weighted by Gasteiger charge is -2.52. The molecule has 1 nitrogen and oxygen atoms in total. The van der Waals surface area contributed by atoms with Crippen molar-refractivity contribution in [2.45, 2.75) is 30.7 Å². The molecule has 0 fully saturated rings. The van der Waals surface area contributed by atoms with Gasteiger partial charge in [0.05, 0.1) is 16.1 Å². The number of hydrogen-bond donors (Lipinski definition) is 0. The number of anilines is 1. The number of halogens is 2. The Bertz CT molecular complexity index is 1290. The molecule has 2 aliphatic heterocycles. The topological polar surface area (TPSA) is 3.24 Å². The molecule has 0 aromatic heterocycles. The lowest BCUT2D eigenvalue weighted by Crippen LogP contribution is -2.46. The quantitative estimate of drug-likeness (QED) is 0.343. The molecule has 3 aromatic rings. The molecule has 154 valence electrons. The van der Waals surface area contributed by atoms with Gasteiger partial charge in [-0.05, 0) is 64.3 Å². The molecule has 31 heavy (non-hydrogen) atoms. The summed E-state index contributed by atoms with van der Waals surface area (Å²) in [5, 5.41) is 4.15. The first-order valence-electron chi connectivity index (χ1n) is 11.3. The molecule has 0 bridgehead atoms. The van der Waals surface area contributed by atoms with Gasteiger partial charge in [0, 0.05) is 24.1 Å². The van der Waals surface area contributed by atoms with Gasteiger partial charge in [0.1, 0.15) is 0 Å². The second-order valence-corrected chi connectivity index (χ2v) is 10.3. The van der Waals surface area contributed by atoms with Crippen molar-refractivity contribution in [1.82, 2.24) is 0 Å². The Morgan fingerprint density at radius 1 is 0.839 bits per heavy atom. The van der Waals surface area contributed by atoms with Crippen LogP contribution in [0.2, 0.25) is 10.0 Å². The molecular formula is C28H23Cl2N. The van der Waals surface area contributed by atoms with E-state index in [1.165, 1.54) is 33.2 Å². The highest BCUT2D eigenvalue weighted by Gasteiger charge is 2.48. The minimum Gasteiger partial charge on any atom is -0.363 e. The Morgan fingerprint density at radius 2 is 1.68 bits per heavy atom. The molecule has 4 aliphatic rings. The van der Waals surface area contributed by atoms with Crippen LogP contribution in [0.15, 0.2) is 72.8 Å². The summed E-state index contributed by atoms with van der Waals surface area (Å²) in [6.45, 7) is 1.08. The molecule has 0 N–H and O–H groups in total. The molecule has 0 saturated heterocycles. The normalized spacial score (nSPS) is 29.9. The van der Waals surface area contributed by atoms with Crippen LogP contribution in [0.25, 0.3) is 10.8 Å². The van der Waals surface area contributed by atoms with E-state index in [2.05, 4.69) is 71.7 Å². The van der Waals surface area contributed by atoms with Gasteiger partial charge in [-0.25, -0.2) is 0 Å². The third-order valence-corrected chi connectivity index (χ3v) is 8.88. The summed E-state index contributed by atoms with van der Waals surface area (Å²) in [6, 6.07) is 17.8. The van der Waals surface area contributed by atoms with E-state index in [1.807, 2.05) is 6.07 Å². The molecular weight excluding hydrogens is 421 g/mol. The average molecular weight is 444 g/mol. The van der Waals surface area contributed by atoms with Gasteiger partial charge in [0.15, 0.2) is 0 Å². The molecule has 7 rings (SSSR count). The summed E-state index contributed by atoms with van der Waals surface area (Å²) in [7, 11) is 0. The van der Waals surface area contributed by atoms with Crippen LogP contribution >= 0.6 is 23.2 Å². The van der Waals surface area contributed by atoms with Crippen molar-refractivity contribution in [3.05, 3.63) is 99.6 Å². The van der Waals surface area contributed by atoms with E-state index in [9.17, 15) is 0 Å². The highest BCUT2D eigenvalue weighted by atomic mass is 35.5. The Hall–Kier alpha value is -2.22. The Kier molecular flexibility index (Phi) is 3.93. The summed E-state index contributed by atoms with van der Waals surface area (Å²) < 4.78 is 0. The number of rotatable bonds is 1. The van der Waals surface area contributed by atoms with Crippen molar-refractivity contribution in [3.63, 3.8) is 0 Å². The van der Waals surface area contributed by atoms with Gasteiger partial charge in [-0.2, -0.15) is 0 Å². The largest absolute Gasteiger partial charge is 0.363 e. The van der Waals surface area contributed by atoms with E-state index in [1.54, 1.807) is 0 Å². The van der Waals surface area contributed by atoms with Crippen molar-refractivity contribution in [2.75, 3.05) is 11.4 Å². The first-order valence-corrected chi connectivity index (χ1v) is 12.1. The lowest BCUT2D eigenvalue weighted by molar-refractivity contribution is 0.336. The molecule has 0 unspecified atom stereocenters. The van der Waals surface area contributed by atoms with Crippen molar-refractivity contribution in [1.29, 1.82) is 0 Å². The second-order valence-electron chi connectivity index (χ2n) is 9.49. The van der Waals surface area contributed by atoms with Crippen LogP contribution < -0.4 is 4.90 Å². The summed E-state index contributed by atoms with van der Waals surface area (Å²) in [5.74, 6) is 2.05. The molecule has 2 aliphatic carbocycles. The standard InChI is InChI=1S/C28H23Cl2N/c29-24-13-5-12-22(26(24)30)27-21-11-4-10-20(21)25-19-8-2-1-6-16(19)14-23-18-9-3-7-17(18)15-31(27)28(23)25/h1-6,8-10,12-14,17-18,20-21,27H,7,11,15H2/t17-,18+,20+,21+,27-/m1/s1. The molecule has 0 amide bonds. The van der Waals surface area contributed by atoms with Crippen LogP contribution in [0.1, 0.15) is 47.4 Å². The highest BCUT2D eigenvalue weighted by Crippen LogP contribution is 2.61. The van der Waals surface area contributed by atoms with E-state index in [0.717, 1.165) is 24.4 Å². The molecule has 3 aromatic carbocycles. The molecule has 2 heterocycles. The predicted molar refractivity (Wildman–Crippen MR) is 130 cm³/mol. The predicted octanol–water partition coefficient (Wildman–Crippen LogP) is 8.04. The fraction of sp³-hybridized carbons (Fsp3) is 0.286. The monoisotopic (exact) mass is 443 g/mol. The second kappa shape index (κ2) is 6.64. The van der Waals surface area contributed by atoms with Gasteiger partial charge in [-0.15, -0.1) is 0 Å². The molecule has 0 spiro atoms. The zero-order chi connectivity index (χ0) is 20.7. The van der Waals surface area contributed by atoms with Crippen molar-refractivity contribution in [2.24, 2.45) is 11.8 Å². The zero-order valence-electron chi connectivity index (χ0n) is 17.1. The van der Waals surface area contributed by atoms with Gasteiger partial charge >= 0.3 is 0 Å². The minimum absolute atomic E-state index is 0.250. The highest BCUT2D eigenvalue weighted by molar-refractivity contribution is 6.42. The number of fused-ring (bicyclic) bond motifs is 6. The van der Waals surface area contributed by atoms with E-state index < -0.39 is 0 Å². The van der Waals surface area contributed by atoms with Gasteiger partial charge in [0.2, 0.25) is 0 Å². The zero-order valence-corrected chi connectivity index (χ0v) is 18.7. The van der Waals surface area contributed by atoms with Crippen LogP contribution in [0.4, 0.5) is 5.69 Å². The number of allylic oxidation sites excluding steroid dienone is 4. The van der Waals surface area contributed by atoms with E-state index in [-0.39, 0.29) is 6.04 Å². The maximum Gasteiger partial charge on any atom is 0.0645 e. The fourth-order valence-electron chi connectivity index (χ4n) is 6.83. The van der Waals surface area contributed by atoms with Gasteiger partial charge in [-0.3, -0.25) is 0 Å². The van der Waals surface area contributed by atoms with Crippen molar-refractivity contribution < 1.29 is 0 Å². The third-order valence-electron chi connectivity index (χ3n) is 8.05. The number of benzene rings is 3. The smallest absolute Gasteiger partial charge is 0.0645 e. The summed E-state index contributed by atoms with van der Waals surface area (Å²) in [6.07, 6.45) is 11.9. The van der Waals surface area contributed by atoms with Gasteiger partial charge in [0.25, 0.3) is 0 Å². The summed E-state index contributed by atoms with van der Waals surface area (Å²) in [5.41, 5.74) is 5.67. The molecule has 0 saturated carbocycles. The Morgan fingerprint density at radius 3 is 2.61 bits per heavy atom. The first-order chi connectivity index (χ1) is 15.2. The Labute approximate surface area is 193 Å². The van der Waals surface area contributed by atoms with E-state index >= 15 is 0 Å². The maximum absolute atomic E-state index is 6.84. The maximum atomic E-state index is 6.84. The summed E-state index contributed by atoms with van der Waals surface area (Å²) >= 11 is 13.3. The molecule has 3 heteroatoms. The fourth-order valence-corrected chi connectivity index (χ4v) is 7.25. The van der Waals surface area contributed by atoms with Gasteiger partial charge < -0.3 is 4.90 Å². The molecule has 5 atom stereocenters. The minimum atomic E-state index is 0.250. The average Bonchev–Trinajstić information content (AvgIpc) is 3.45.